The van der Waals surface area contributed by atoms with E-state index in [0.29, 0.717) is 12.0 Å². The van der Waals surface area contributed by atoms with Gasteiger partial charge in [0.1, 0.15) is 5.82 Å². The first-order valence-corrected chi connectivity index (χ1v) is 7.62. The molecule has 1 aliphatic carbocycles. The van der Waals surface area contributed by atoms with Gasteiger partial charge in [0.15, 0.2) is 5.78 Å². The molecule has 1 aliphatic rings. The zero-order valence-corrected chi connectivity index (χ0v) is 12.3. The number of hydrogen-bond acceptors (Lipinski definition) is 2. The summed E-state index contributed by atoms with van der Waals surface area (Å²) in [5.74, 6) is 0.476. The second kappa shape index (κ2) is 7.53. The molecule has 0 heterocycles. The smallest absolute Gasteiger partial charge is 0.164 e. The van der Waals surface area contributed by atoms with Gasteiger partial charge in [-0.2, -0.15) is 0 Å². The molecule has 2 nitrogen and oxygen atoms in total. The van der Waals surface area contributed by atoms with Gasteiger partial charge in [0.2, 0.25) is 0 Å². The lowest BCUT2D eigenvalue weighted by molar-refractivity contribution is 0.0963. The molecule has 20 heavy (non-hydrogen) atoms. The number of Topliss-reactive ketones (excluding diaryl/α,β-unsaturated/α-hetero) is 1. The van der Waals surface area contributed by atoms with Crippen LogP contribution in [0.25, 0.3) is 0 Å². The maximum absolute atomic E-state index is 13.1. The Kier molecular flexibility index (Phi) is 5.72. The fourth-order valence-corrected chi connectivity index (χ4v) is 3.00. The van der Waals surface area contributed by atoms with Gasteiger partial charge in [0.25, 0.3) is 0 Å². The van der Waals surface area contributed by atoms with Crippen LogP contribution in [0.15, 0.2) is 24.3 Å². The van der Waals surface area contributed by atoms with E-state index in [-0.39, 0.29) is 11.6 Å². The zero-order valence-electron chi connectivity index (χ0n) is 12.3. The quantitative estimate of drug-likeness (QED) is 0.735. The van der Waals surface area contributed by atoms with Gasteiger partial charge in [-0.25, -0.2) is 4.39 Å². The molecule has 0 N–H and O–H groups in total. The van der Waals surface area contributed by atoms with E-state index in [2.05, 4.69) is 11.9 Å². The maximum Gasteiger partial charge on any atom is 0.164 e. The normalized spacial score (nSPS) is 16.6. The molecule has 0 unspecified atom stereocenters. The lowest BCUT2D eigenvalue weighted by Crippen LogP contribution is -2.29. The largest absolute Gasteiger partial charge is 0.306 e. The number of rotatable bonds is 6. The Morgan fingerprint density at radius 1 is 1.30 bits per heavy atom. The van der Waals surface area contributed by atoms with E-state index in [0.717, 1.165) is 19.0 Å². The van der Waals surface area contributed by atoms with Gasteiger partial charge < -0.3 is 4.90 Å². The fraction of sp³-hybridized carbons (Fsp3) is 0.588. The van der Waals surface area contributed by atoms with E-state index in [4.69, 9.17) is 0 Å². The molecule has 0 aliphatic heterocycles. The molecular formula is C17H24FNO. The van der Waals surface area contributed by atoms with Crippen LogP contribution in [-0.4, -0.2) is 30.8 Å². The first kappa shape index (κ1) is 15.2. The van der Waals surface area contributed by atoms with Crippen LogP contribution in [0, 0.1) is 11.7 Å². The van der Waals surface area contributed by atoms with Gasteiger partial charge in [-0.15, -0.1) is 0 Å². The third kappa shape index (κ3) is 4.71. The molecule has 0 spiro atoms. The van der Waals surface area contributed by atoms with E-state index in [1.54, 1.807) is 12.1 Å². The number of nitrogens with zero attached hydrogens (tertiary/aromatic N) is 1. The van der Waals surface area contributed by atoms with Crippen LogP contribution in [0.2, 0.25) is 0 Å². The molecule has 1 saturated carbocycles. The minimum Gasteiger partial charge on any atom is -0.306 e. The standard InChI is InChI=1S/C17H24FNO/c1-19(13-14-6-3-2-4-7-14)11-10-17(20)15-8-5-9-16(18)12-15/h5,8-9,12,14H,2-4,6-7,10-11,13H2,1H3. The Balaban J connectivity index is 1.75. The summed E-state index contributed by atoms with van der Waals surface area (Å²) < 4.78 is 13.1. The average Bonchev–Trinajstić information content (AvgIpc) is 2.46. The molecule has 2 rings (SSSR count). The average molecular weight is 277 g/mol. The van der Waals surface area contributed by atoms with Crippen LogP contribution in [0.3, 0.4) is 0 Å². The first-order valence-electron chi connectivity index (χ1n) is 7.62. The topological polar surface area (TPSA) is 20.3 Å². The van der Waals surface area contributed by atoms with Crippen molar-refractivity contribution in [1.29, 1.82) is 0 Å². The highest BCUT2D eigenvalue weighted by molar-refractivity contribution is 5.96. The number of hydrogen-bond donors (Lipinski definition) is 0. The molecule has 0 radical (unpaired) electrons. The van der Waals surface area contributed by atoms with Crippen LogP contribution in [0.5, 0.6) is 0 Å². The van der Waals surface area contributed by atoms with Crippen LogP contribution in [-0.2, 0) is 0 Å². The number of carbonyl (C=O) groups is 1. The highest BCUT2D eigenvalue weighted by Gasteiger charge is 2.16. The summed E-state index contributed by atoms with van der Waals surface area (Å²) in [6.07, 6.45) is 7.18. The van der Waals surface area contributed by atoms with Crippen molar-refractivity contribution in [3.05, 3.63) is 35.6 Å². The molecule has 0 saturated heterocycles. The van der Waals surface area contributed by atoms with Crippen LogP contribution < -0.4 is 0 Å². The molecule has 1 aromatic rings. The molecule has 110 valence electrons. The van der Waals surface area contributed by atoms with E-state index in [1.807, 2.05) is 0 Å². The molecule has 3 heteroatoms. The summed E-state index contributed by atoms with van der Waals surface area (Å²) in [5, 5.41) is 0. The minimum absolute atomic E-state index is 0.0278. The van der Waals surface area contributed by atoms with E-state index < -0.39 is 0 Å². The SMILES string of the molecule is CN(CCC(=O)c1cccc(F)c1)CC1CCCCC1. The van der Waals surface area contributed by atoms with Gasteiger partial charge >= 0.3 is 0 Å². The van der Waals surface area contributed by atoms with Gasteiger partial charge in [-0.05, 0) is 37.9 Å². The molecule has 0 amide bonds. The van der Waals surface area contributed by atoms with Crippen molar-refractivity contribution in [2.75, 3.05) is 20.1 Å². The molecular weight excluding hydrogens is 253 g/mol. The third-order valence-electron chi connectivity index (χ3n) is 4.16. The first-order chi connectivity index (χ1) is 9.65. The zero-order chi connectivity index (χ0) is 14.4. The van der Waals surface area contributed by atoms with Crippen molar-refractivity contribution >= 4 is 5.78 Å². The van der Waals surface area contributed by atoms with Crippen molar-refractivity contribution in [2.45, 2.75) is 38.5 Å². The summed E-state index contributed by atoms with van der Waals surface area (Å²) in [4.78, 5) is 14.2. The highest BCUT2D eigenvalue weighted by atomic mass is 19.1. The minimum atomic E-state index is -0.341. The van der Waals surface area contributed by atoms with Gasteiger partial charge in [0.05, 0.1) is 0 Å². The number of benzene rings is 1. The van der Waals surface area contributed by atoms with Gasteiger partial charge in [-0.1, -0.05) is 31.4 Å². The van der Waals surface area contributed by atoms with Crippen LogP contribution in [0.1, 0.15) is 48.9 Å². The molecule has 1 fully saturated rings. The Labute approximate surface area is 121 Å². The lowest BCUT2D eigenvalue weighted by Gasteiger charge is -2.26. The number of carbonyl (C=O) groups excluding carboxylic acids is 1. The Bertz CT molecular complexity index is 440. The Morgan fingerprint density at radius 3 is 2.75 bits per heavy atom. The summed E-state index contributed by atoms with van der Waals surface area (Å²) in [6, 6.07) is 5.97. The monoisotopic (exact) mass is 277 g/mol. The van der Waals surface area contributed by atoms with Gasteiger partial charge in [0, 0.05) is 25.1 Å². The predicted octanol–water partition coefficient (Wildman–Crippen LogP) is 3.91. The van der Waals surface area contributed by atoms with E-state index in [9.17, 15) is 9.18 Å². The summed E-state index contributed by atoms with van der Waals surface area (Å²) >= 11 is 0. The van der Waals surface area contributed by atoms with Gasteiger partial charge in [-0.3, -0.25) is 4.79 Å². The van der Waals surface area contributed by atoms with Crippen LogP contribution >= 0.6 is 0 Å². The molecule has 0 bridgehead atoms. The van der Waals surface area contributed by atoms with E-state index >= 15 is 0 Å². The van der Waals surface area contributed by atoms with Crippen molar-refractivity contribution in [3.63, 3.8) is 0 Å². The summed E-state index contributed by atoms with van der Waals surface area (Å²) in [6.45, 7) is 1.84. The molecule has 0 atom stereocenters. The van der Waals surface area contributed by atoms with E-state index in [1.165, 1.54) is 44.2 Å². The molecule has 1 aromatic carbocycles. The second-order valence-corrected chi connectivity index (χ2v) is 5.95. The number of ketones is 1. The Morgan fingerprint density at radius 2 is 2.05 bits per heavy atom. The van der Waals surface area contributed by atoms with Crippen molar-refractivity contribution in [3.8, 4) is 0 Å². The van der Waals surface area contributed by atoms with Crippen molar-refractivity contribution < 1.29 is 9.18 Å². The lowest BCUT2D eigenvalue weighted by atomic mass is 9.89. The van der Waals surface area contributed by atoms with Crippen molar-refractivity contribution in [2.24, 2.45) is 5.92 Å². The number of halogens is 1. The highest BCUT2D eigenvalue weighted by Crippen LogP contribution is 2.24. The fourth-order valence-electron chi connectivity index (χ4n) is 3.00. The second-order valence-electron chi connectivity index (χ2n) is 5.95. The maximum atomic E-state index is 13.1. The summed E-state index contributed by atoms with van der Waals surface area (Å²) in [7, 11) is 2.08. The Hall–Kier alpha value is -1.22. The molecule has 0 aromatic heterocycles. The third-order valence-corrected chi connectivity index (χ3v) is 4.16. The van der Waals surface area contributed by atoms with Crippen LogP contribution in [0.4, 0.5) is 4.39 Å². The summed E-state index contributed by atoms with van der Waals surface area (Å²) in [5.41, 5.74) is 0.482. The van der Waals surface area contributed by atoms with Crippen molar-refractivity contribution in [1.82, 2.24) is 4.90 Å². The predicted molar refractivity (Wildman–Crippen MR) is 79.4 cm³/mol.